The van der Waals surface area contributed by atoms with E-state index in [1.165, 1.54) is 6.08 Å². The smallest absolute Gasteiger partial charge is 0.386 e. The summed E-state index contributed by atoms with van der Waals surface area (Å²) in [7, 11) is 0. The number of hydrogen-bond acceptors (Lipinski definition) is 1. The Labute approximate surface area is 126 Å². The first-order valence-corrected chi connectivity index (χ1v) is 7.03. The van der Waals surface area contributed by atoms with Crippen LogP contribution in [0.15, 0.2) is 18.8 Å². The Morgan fingerprint density at radius 3 is 2.27 bits per heavy atom. The van der Waals surface area contributed by atoms with Gasteiger partial charge in [0, 0.05) is 7.16 Å². The largest absolute Gasteiger partial charge is 0.418 e. The molecule has 0 aromatic rings. The number of aliphatic hydroxyl groups is 1. The fraction of sp³-hybridized carbons (Fsp3) is 0.500. The first kappa shape index (κ1) is 14.5. The van der Waals surface area contributed by atoms with Crippen molar-refractivity contribution in [1.82, 2.24) is 0 Å². The van der Waals surface area contributed by atoms with Gasteiger partial charge >= 0.3 is 6.18 Å². The lowest BCUT2D eigenvalue weighted by atomic mass is 9.95. The second kappa shape index (κ2) is 4.59. The van der Waals surface area contributed by atoms with Crippen molar-refractivity contribution in [2.45, 2.75) is 22.6 Å². The number of hydrogen-bond donors (Lipinski definition) is 1. The molecule has 1 aliphatic carbocycles. The van der Waals surface area contributed by atoms with Gasteiger partial charge in [-0.05, 0) is 52.1 Å². The Morgan fingerprint density at radius 2 is 1.87 bits per heavy atom. The van der Waals surface area contributed by atoms with Crippen molar-refractivity contribution in [3.63, 3.8) is 0 Å². The van der Waals surface area contributed by atoms with E-state index in [2.05, 4.69) is 0 Å². The quantitative estimate of drug-likeness (QED) is 0.352. The van der Waals surface area contributed by atoms with E-state index < -0.39 is 21.3 Å². The standard InChI is InChI=1S/C8H6F3I3O/c1-7(14)2-3(12)4(8(9,10)11)5(13)6(7)15/h2,6,15H,1H3. The van der Waals surface area contributed by atoms with Gasteiger partial charge in [0.15, 0.2) is 0 Å². The number of allylic oxidation sites excluding steroid dienone is 2. The van der Waals surface area contributed by atoms with Gasteiger partial charge in [-0.3, -0.25) is 0 Å². The Bertz CT molecular complexity index is 344. The minimum Gasteiger partial charge on any atom is -0.386 e. The molecule has 0 aliphatic heterocycles. The SMILES string of the molecule is CC1(I)C=C(I)C(C(F)(F)F)=C(I)C1O. The molecule has 0 bridgehead atoms. The number of halogens is 6. The molecule has 1 rings (SSSR count). The molecule has 15 heavy (non-hydrogen) atoms. The fourth-order valence-corrected chi connectivity index (χ4v) is 5.99. The number of rotatable bonds is 0. The van der Waals surface area contributed by atoms with Crippen molar-refractivity contribution in [1.29, 1.82) is 0 Å². The lowest BCUT2D eigenvalue weighted by Crippen LogP contribution is -2.36. The molecule has 0 radical (unpaired) electrons. The molecule has 1 nitrogen and oxygen atoms in total. The highest BCUT2D eigenvalue weighted by Gasteiger charge is 2.45. The molecule has 1 aliphatic rings. The van der Waals surface area contributed by atoms with E-state index in [1.54, 1.807) is 52.1 Å². The summed E-state index contributed by atoms with van der Waals surface area (Å²) in [6.07, 6.45) is -4.06. The van der Waals surface area contributed by atoms with Crippen molar-refractivity contribution in [2.24, 2.45) is 0 Å². The van der Waals surface area contributed by atoms with Crippen molar-refractivity contribution in [2.75, 3.05) is 0 Å². The van der Waals surface area contributed by atoms with Gasteiger partial charge in [0.05, 0.1) is 8.99 Å². The average Bonchev–Trinajstić information content (AvgIpc) is 1.96. The zero-order valence-electron chi connectivity index (χ0n) is 7.37. The van der Waals surface area contributed by atoms with E-state index in [0.717, 1.165) is 0 Å². The highest BCUT2D eigenvalue weighted by molar-refractivity contribution is 14.1. The van der Waals surface area contributed by atoms with Crippen LogP contribution in [0.1, 0.15) is 6.92 Å². The van der Waals surface area contributed by atoms with Crippen LogP contribution < -0.4 is 0 Å². The van der Waals surface area contributed by atoms with Crippen LogP contribution in [0.3, 0.4) is 0 Å². The van der Waals surface area contributed by atoms with Crippen LogP contribution in [0.5, 0.6) is 0 Å². The van der Waals surface area contributed by atoms with Crippen LogP contribution in [0.25, 0.3) is 0 Å². The van der Waals surface area contributed by atoms with Gasteiger partial charge in [-0.1, -0.05) is 28.7 Å². The maximum Gasteiger partial charge on any atom is 0.418 e. The second-order valence-corrected chi connectivity index (χ2v) is 7.92. The van der Waals surface area contributed by atoms with E-state index >= 15 is 0 Å². The zero-order valence-corrected chi connectivity index (χ0v) is 13.8. The van der Waals surface area contributed by atoms with Crippen LogP contribution in [0.2, 0.25) is 0 Å². The monoisotopic (exact) mass is 556 g/mol. The van der Waals surface area contributed by atoms with E-state index in [4.69, 9.17) is 0 Å². The predicted octanol–water partition coefficient (Wildman–Crippen LogP) is 4.12. The third-order valence-electron chi connectivity index (χ3n) is 1.94. The molecule has 0 fully saturated rings. The molecule has 2 atom stereocenters. The van der Waals surface area contributed by atoms with Crippen molar-refractivity contribution < 1.29 is 18.3 Å². The van der Waals surface area contributed by atoms with Crippen molar-refractivity contribution >= 4 is 67.8 Å². The molecule has 0 aromatic carbocycles. The Hall–Kier alpha value is 1.42. The Balaban J connectivity index is 3.31. The molecule has 0 amide bonds. The van der Waals surface area contributed by atoms with Crippen LogP contribution in [-0.4, -0.2) is 20.8 Å². The van der Waals surface area contributed by atoms with E-state index in [0.29, 0.717) is 0 Å². The molecular weight excluding hydrogens is 550 g/mol. The van der Waals surface area contributed by atoms with Crippen molar-refractivity contribution in [3.05, 3.63) is 18.8 Å². The minimum absolute atomic E-state index is 0.0381. The molecule has 2 unspecified atom stereocenters. The average molecular weight is 556 g/mol. The third kappa shape index (κ3) is 3.00. The second-order valence-electron chi connectivity index (χ2n) is 3.27. The summed E-state index contributed by atoms with van der Waals surface area (Å²) in [5, 5.41) is 9.74. The molecule has 0 spiro atoms. The maximum absolute atomic E-state index is 12.6. The molecular formula is C8H6F3I3O. The summed E-state index contributed by atoms with van der Waals surface area (Å²) >= 11 is 5.17. The van der Waals surface area contributed by atoms with Gasteiger partial charge in [0.25, 0.3) is 0 Å². The predicted molar refractivity (Wildman–Crippen MR) is 77.6 cm³/mol. The van der Waals surface area contributed by atoms with Crippen LogP contribution in [0, 0.1) is 0 Å². The summed E-state index contributed by atoms with van der Waals surface area (Å²) in [6.45, 7) is 1.70. The van der Waals surface area contributed by atoms with E-state index in [1.807, 2.05) is 22.6 Å². The van der Waals surface area contributed by atoms with E-state index in [9.17, 15) is 18.3 Å². The summed E-state index contributed by atoms with van der Waals surface area (Å²) in [5.74, 6) is 0. The third-order valence-corrected chi connectivity index (χ3v) is 4.83. The van der Waals surface area contributed by atoms with Crippen LogP contribution in [-0.2, 0) is 0 Å². The van der Waals surface area contributed by atoms with Gasteiger partial charge < -0.3 is 5.11 Å². The topological polar surface area (TPSA) is 20.2 Å². The Kier molecular flexibility index (Phi) is 4.43. The molecule has 7 heteroatoms. The first-order valence-electron chi connectivity index (χ1n) is 3.80. The molecule has 0 heterocycles. The molecule has 86 valence electrons. The minimum atomic E-state index is -4.41. The number of aliphatic hydroxyl groups excluding tert-OH is 1. The van der Waals surface area contributed by atoms with E-state index in [-0.39, 0.29) is 7.16 Å². The molecule has 1 N–H and O–H groups in total. The van der Waals surface area contributed by atoms with Gasteiger partial charge in [0.1, 0.15) is 6.10 Å². The first-order chi connectivity index (χ1) is 6.57. The zero-order chi connectivity index (χ0) is 12.0. The normalized spacial score (nSPS) is 33.1. The van der Waals surface area contributed by atoms with Gasteiger partial charge in [-0.25, -0.2) is 0 Å². The molecule has 0 saturated carbocycles. The maximum atomic E-state index is 12.6. The summed E-state index contributed by atoms with van der Waals surface area (Å²) in [6, 6.07) is 0. The summed E-state index contributed by atoms with van der Waals surface area (Å²) < 4.78 is 37.4. The highest BCUT2D eigenvalue weighted by atomic mass is 127. The fourth-order valence-electron chi connectivity index (χ4n) is 1.17. The lowest BCUT2D eigenvalue weighted by molar-refractivity contribution is -0.0898. The van der Waals surface area contributed by atoms with Crippen LogP contribution in [0.4, 0.5) is 13.2 Å². The van der Waals surface area contributed by atoms with Gasteiger partial charge in [-0.2, -0.15) is 13.2 Å². The number of alkyl halides is 4. The van der Waals surface area contributed by atoms with Gasteiger partial charge in [-0.15, -0.1) is 0 Å². The lowest BCUT2D eigenvalue weighted by Gasteiger charge is -2.32. The molecule has 0 aromatic heterocycles. The summed E-state index contributed by atoms with van der Waals surface area (Å²) in [4.78, 5) is 0. The van der Waals surface area contributed by atoms with Crippen LogP contribution >= 0.6 is 67.8 Å². The van der Waals surface area contributed by atoms with Gasteiger partial charge in [0.2, 0.25) is 0 Å². The van der Waals surface area contributed by atoms with Crippen molar-refractivity contribution in [3.8, 4) is 0 Å². The summed E-state index contributed by atoms with van der Waals surface area (Å²) in [5.41, 5.74) is -0.717. The Morgan fingerprint density at radius 1 is 1.40 bits per heavy atom. The highest BCUT2D eigenvalue weighted by Crippen LogP contribution is 2.48. The molecule has 0 saturated heterocycles.